The van der Waals surface area contributed by atoms with E-state index in [9.17, 15) is 4.21 Å². The van der Waals surface area contributed by atoms with Gasteiger partial charge in [0, 0.05) is 18.0 Å². The maximum atomic E-state index is 12.0. The predicted molar refractivity (Wildman–Crippen MR) is 73.9 cm³/mol. The summed E-state index contributed by atoms with van der Waals surface area (Å²) in [5, 5.41) is 0. The Morgan fingerprint density at radius 3 is 2.94 bits per heavy atom. The summed E-state index contributed by atoms with van der Waals surface area (Å²) in [4.78, 5) is 6.39. The molecule has 0 radical (unpaired) electrons. The molecule has 17 heavy (non-hydrogen) atoms. The molecule has 0 amide bonds. The molecular formula is C11H15N3OS2. The molecule has 0 fully saturated rings. The summed E-state index contributed by atoms with van der Waals surface area (Å²) in [6.07, 6.45) is 0. The highest BCUT2D eigenvalue weighted by atomic mass is 32.2. The zero-order chi connectivity index (χ0) is 12.4. The molecule has 92 valence electrons. The highest BCUT2D eigenvalue weighted by molar-refractivity contribution is 7.87. The minimum absolute atomic E-state index is 0.613. The number of rotatable bonds is 4. The van der Waals surface area contributed by atoms with E-state index in [1.165, 1.54) is 11.3 Å². The number of hydrogen-bond donors (Lipinski definition) is 1. The number of nitrogens with two attached hydrogens (primary N) is 1. The molecule has 4 nitrogen and oxygen atoms in total. The van der Waals surface area contributed by atoms with Gasteiger partial charge in [0.1, 0.15) is 0 Å². The lowest BCUT2D eigenvalue weighted by atomic mass is 10.3. The number of nitrogen functional groups attached to an aromatic ring is 1. The molecule has 0 bridgehead atoms. The second-order valence-corrected chi connectivity index (χ2v) is 6.83. The zero-order valence-corrected chi connectivity index (χ0v) is 11.5. The van der Waals surface area contributed by atoms with Crippen molar-refractivity contribution in [3.05, 3.63) is 18.2 Å². The van der Waals surface area contributed by atoms with Gasteiger partial charge in [0.05, 0.1) is 21.0 Å². The van der Waals surface area contributed by atoms with Crippen molar-refractivity contribution in [2.75, 3.05) is 32.1 Å². The quantitative estimate of drug-likeness (QED) is 0.856. The molecule has 0 saturated carbocycles. The molecule has 1 aromatic carbocycles. The molecule has 2 rings (SSSR count). The van der Waals surface area contributed by atoms with Crippen LogP contribution < -0.4 is 5.73 Å². The smallest absolute Gasteiger partial charge is 0.181 e. The number of nitrogens with zero attached hydrogens (tertiary/aromatic N) is 2. The minimum atomic E-state index is -1.02. The van der Waals surface area contributed by atoms with Crippen molar-refractivity contribution in [2.24, 2.45) is 0 Å². The molecular weight excluding hydrogens is 254 g/mol. The predicted octanol–water partition coefficient (Wildman–Crippen LogP) is 1.55. The maximum absolute atomic E-state index is 12.0. The molecule has 2 N–H and O–H groups in total. The number of aromatic nitrogens is 1. The Labute approximate surface area is 107 Å². The number of hydrogen-bond acceptors (Lipinski definition) is 5. The summed E-state index contributed by atoms with van der Waals surface area (Å²) < 4.78 is 13.7. The normalized spacial score (nSPS) is 13.4. The van der Waals surface area contributed by atoms with Crippen LogP contribution in [0.5, 0.6) is 0 Å². The van der Waals surface area contributed by atoms with Gasteiger partial charge in [-0.1, -0.05) is 0 Å². The molecule has 0 saturated heterocycles. The Bertz CT molecular complexity index is 551. The summed E-state index contributed by atoms with van der Waals surface area (Å²) in [6.45, 7) is 0.796. The van der Waals surface area contributed by atoms with Gasteiger partial charge in [-0.2, -0.15) is 0 Å². The van der Waals surface area contributed by atoms with E-state index in [1.807, 2.05) is 37.2 Å². The van der Waals surface area contributed by atoms with Gasteiger partial charge in [-0.05, 0) is 32.3 Å². The van der Waals surface area contributed by atoms with Crippen LogP contribution in [-0.2, 0) is 10.8 Å². The Hall–Kier alpha value is -0.980. The molecule has 1 atom stereocenters. The van der Waals surface area contributed by atoms with Gasteiger partial charge < -0.3 is 10.6 Å². The maximum Gasteiger partial charge on any atom is 0.181 e. The van der Waals surface area contributed by atoms with E-state index in [1.54, 1.807) is 0 Å². The number of anilines is 1. The first-order chi connectivity index (χ1) is 8.06. The Kier molecular flexibility index (Phi) is 3.76. The van der Waals surface area contributed by atoms with Crippen LogP contribution in [0.25, 0.3) is 10.2 Å². The number of benzene rings is 1. The zero-order valence-electron chi connectivity index (χ0n) is 9.84. The minimum Gasteiger partial charge on any atom is -0.399 e. The van der Waals surface area contributed by atoms with E-state index in [0.717, 1.165) is 16.8 Å². The largest absolute Gasteiger partial charge is 0.399 e. The number of fused-ring (bicyclic) bond motifs is 1. The van der Waals surface area contributed by atoms with Crippen LogP contribution in [0, 0.1) is 0 Å². The summed E-state index contributed by atoms with van der Waals surface area (Å²) in [6, 6.07) is 5.56. The SMILES string of the molecule is CN(C)CCS(=O)c1nc2ccc(N)cc2s1. The van der Waals surface area contributed by atoms with Crippen LogP contribution >= 0.6 is 11.3 Å². The average molecular weight is 269 g/mol. The molecule has 6 heteroatoms. The van der Waals surface area contributed by atoms with Crippen LogP contribution in [0.15, 0.2) is 22.5 Å². The van der Waals surface area contributed by atoms with Gasteiger partial charge in [0.25, 0.3) is 0 Å². The molecule has 0 aliphatic heterocycles. The van der Waals surface area contributed by atoms with Crippen molar-refractivity contribution in [1.29, 1.82) is 0 Å². The summed E-state index contributed by atoms with van der Waals surface area (Å²) >= 11 is 1.46. The standard InChI is InChI=1S/C11H15N3OS2/c1-14(2)5-6-17(15)11-13-9-4-3-8(12)7-10(9)16-11/h3-4,7H,5-6,12H2,1-2H3. The molecule has 0 aliphatic rings. The van der Waals surface area contributed by atoms with Crippen molar-refractivity contribution in [2.45, 2.75) is 4.34 Å². The van der Waals surface area contributed by atoms with E-state index >= 15 is 0 Å². The second-order valence-electron chi connectivity index (χ2n) is 4.06. The van der Waals surface area contributed by atoms with Crippen LogP contribution in [-0.4, -0.2) is 40.5 Å². The summed E-state index contributed by atoms with van der Waals surface area (Å²) in [7, 11) is 2.92. The lowest BCUT2D eigenvalue weighted by Crippen LogP contribution is -2.18. The van der Waals surface area contributed by atoms with Gasteiger partial charge in [-0.25, -0.2) is 4.98 Å². The number of thiazole rings is 1. The lowest BCUT2D eigenvalue weighted by Gasteiger charge is -2.06. The van der Waals surface area contributed by atoms with E-state index in [4.69, 9.17) is 5.73 Å². The van der Waals surface area contributed by atoms with Crippen molar-refractivity contribution in [3.8, 4) is 0 Å². The highest BCUT2D eigenvalue weighted by Gasteiger charge is 2.11. The first-order valence-corrected chi connectivity index (χ1v) is 7.39. The molecule has 1 aromatic heterocycles. The fraction of sp³-hybridized carbons (Fsp3) is 0.364. The van der Waals surface area contributed by atoms with Crippen molar-refractivity contribution in [1.82, 2.24) is 9.88 Å². The molecule has 0 aliphatic carbocycles. The third kappa shape index (κ3) is 3.02. The van der Waals surface area contributed by atoms with E-state index in [-0.39, 0.29) is 0 Å². The molecule has 0 spiro atoms. The van der Waals surface area contributed by atoms with E-state index in [0.29, 0.717) is 15.8 Å². The Balaban J connectivity index is 2.21. The van der Waals surface area contributed by atoms with Crippen LogP contribution in [0.3, 0.4) is 0 Å². The molecule has 1 unspecified atom stereocenters. The topological polar surface area (TPSA) is 59.2 Å². The fourth-order valence-corrected chi connectivity index (χ4v) is 3.91. The fourth-order valence-electron chi connectivity index (χ4n) is 1.37. The van der Waals surface area contributed by atoms with Crippen LogP contribution in [0.4, 0.5) is 5.69 Å². The van der Waals surface area contributed by atoms with E-state index < -0.39 is 10.8 Å². The van der Waals surface area contributed by atoms with Gasteiger partial charge in [-0.3, -0.25) is 4.21 Å². The third-order valence-corrected chi connectivity index (χ3v) is 4.97. The van der Waals surface area contributed by atoms with Crippen LogP contribution in [0.1, 0.15) is 0 Å². The third-order valence-electron chi connectivity index (χ3n) is 2.31. The summed E-state index contributed by atoms with van der Waals surface area (Å²) in [5.74, 6) is 0.613. The van der Waals surface area contributed by atoms with Crippen molar-refractivity contribution >= 4 is 38.0 Å². The molecule has 2 aromatic rings. The highest BCUT2D eigenvalue weighted by Crippen LogP contribution is 2.26. The average Bonchev–Trinajstić information content (AvgIpc) is 2.68. The Morgan fingerprint density at radius 2 is 2.24 bits per heavy atom. The second kappa shape index (κ2) is 5.12. The summed E-state index contributed by atoms with van der Waals surface area (Å²) in [5.41, 5.74) is 7.29. The van der Waals surface area contributed by atoms with E-state index in [2.05, 4.69) is 4.98 Å². The first kappa shape index (κ1) is 12.5. The first-order valence-electron chi connectivity index (χ1n) is 5.25. The van der Waals surface area contributed by atoms with Gasteiger partial charge in [-0.15, -0.1) is 11.3 Å². The lowest BCUT2D eigenvalue weighted by molar-refractivity contribution is 0.435. The van der Waals surface area contributed by atoms with Gasteiger partial charge in [0.15, 0.2) is 4.34 Å². The van der Waals surface area contributed by atoms with Gasteiger partial charge in [0.2, 0.25) is 0 Å². The Morgan fingerprint density at radius 1 is 1.47 bits per heavy atom. The van der Waals surface area contributed by atoms with Gasteiger partial charge >= 0.3 is 0 Å². The van der Waals surface area contributed by atoms with Crippen molar-refractivity contribution in [3.63, 3.8) is 0 Å². The van der Waals surface area contributed by atoms with Crippen molar-refractivity contribution < 1.29 is 4.21 Å². The monoisotopic (exact) mass is 269 g/mol. The molecule has 1 heterocycles. The van der Waals surface area contributed by atoms with Crippen LogP contribution in [0.2, 0.25) is 0 Å².